The van der Waals surface area contributed by atoms with Gasteiger partial charge in [-0.3, -0.25) is 4.79 Å². The Morgan fingerprint density at radius 1 is 1.36 bits per heavy atom. The number of benzene rings is 1. The van der Waals surface area contributed by atoms with E-state index in [-0.39, 0.29) is 6.61 Å². The van der Waals surface area contributed by atoms with E-state index in [1.165, 1.54) is 7.11 Å². The summed E-state index contributed by atoms with van der Waals surface area (Å²) in [6.45, 7) is -0.211. The van der Waals surface area contributed by atoms with Gasteiger partial charge in [-0.1, -0.05) is 11.2 Å². The number of carbonyl (C=O) groups is 1. The largest absolute Gasteiger partial charge is 0.493 e. The van der Waals surface area contributed by atoms with Gasteiger partial charge in [0.05, 0.1) is 12.6 Å². The van der Waals surface area contributed by atoms with Gasteiger partial charge in [-0.2, -0.15) is 4.98 Å². The number of primary amides is 1. The van der Waals surface area contributed by atoms with E-state index in [1.807, 2.05) is 12.1 Å². The summed E-state index contributed by atoms with van der Waals surface area (Å²) in [6, 6.07) is 5.27. The lowest BCUT2D eigenvalue weighted by Gasteiger charge is -2.34. The van der Waals surface area contributed by atoms with E-state index in [0.717, 1.165) is 24.8 Å². The molecule has 1 fully saturated rings. The molecule has 8 nitrogen and oxygen atoms in total. The van der Waals surface area contributed by atoms with Crippen molar-refractivity contribution < 1.29 is 18.8 Å². The second-order valence-electron chi connectivity index (χ2n) is 5.96. The van der Waals surface area contributed by atoms with Crippen molar-refractivity contribution in [2.75, 3.05) is 13.7 Å². The van der Waals surface area contributed by atoms with Crippen LogP contribution >= 0.6 is 0 Å². The molecule has 2 aromatic rings. The van der Waals surface area contributed by atoms with Crippen molar-refractivity contribution >= 4 is 18.1 Å². The van der Waals surface area contributed by atoms with Crippen LogP contribution in [-0.4, -0.2) is 29.8 Å². The third-order valence-electron chi connectivity index (χ3n) is 4.11. The number of nitrogens with zero attached hydrogens (tertiary/aromatic N) is 2. The number of aromatic nitrogens is 2. The van der Waals surface area contributed by atoms with Crippen molar-refractivity contribution in [1.82, 2.24) is 10.1 Å². The van der Waals surface area contributed by atoms with E-state index in [9.17, 15) is 4.79 Å². The summed E-state index contributed by atoms with van der Waals surface area (Å²) in [6.07, 6.45) is 6.35. The van der Waals surface area contributed by atoms with Gasteiger partial charge in [0.2, 0.25) is 0 Å². The maximum absolute atomic E-state index is 10.8. The SMILES string of the molecule is COc1cc(/C=C/c2nc(C3(N)CCC3)no2)ccc1OCC(N)=O. The normalized spacial score (nSPS) is 15.8. The average molecular weight is 344 g/mol. The molecular weight excluding hydrogens is 324 g/mol. The van der Waals surface area contributed by atoms with Crippen LogP contribution in [0.2, 0.25) is 0 Å². The van der Waals surface area contributed by atoms with Crippen molar-refractivity contribution in [2.24, 2.45) is 11.5 Å². The Labute approximate surface area is 144 Å². The molecule has 0 saturated heterocycles. The van der Waals surface area contributed by atoms with E-state index in [1.54, 1.807) is 18.2 Å². The summed E-state index contributed by atoms with van der Waals surface area (Å²) in [5, 5.41) is 3.96. The molecule has 0 unspecified atom stereocenters. The summed E-state index contributed by atoms with van der Waals surface area (Å²) in [4.78, 5) is 15.1. The third kappa shape index (κ3) is 3.80. The van der Waals surface area contributed by atoms with Gasteiger partial charge in [0, 0.05) is 6.08 Å². The molecule has 0 aliphatic heterocycles. The van der Waals surface area contributed by atoms with Crippen LogP contribution in [0.15, 0.2) is 22.7 Å². The first-order valence-electron chi connectivity index (χ1n) is 7.90. The van der Waals surface area contributed by atoms with Crippen LogP contribution in [0, 0.1) is 0 Å². The molecule has 1 aromatic carbocycles. The van der Waals surface area contributed by atoms with Gasteiger partial charge in [-0.05, 0) is 43.0 Å². The lowest BCUT2D eigenvalue weighted by Crippen LogP contribution is -2.44. The summed E-state index contributed by atoms with van der Waals surface area (Å²) in [5.41, 5.74) is 11.6. The van der Waals surface area contributed by atoms with Gasteiger partial charge < -0.3 is 25.5 Å². The van der Waals surface area contributed by atoms with E-state index in [4.69, 9.17) is 25.5 Å². The lowest BCUT2D eigenvalue weighted by atomic mass is 9.77. The summed E-state index contributed by atoms with van der Waals surface area (Å²) in [5.74, 6) is 1.31. The molecule has 132 valence electrons. The Balaban J connectivity index is 1.71. The van der Waals surface area contributed by atoms with E-state index >= 15 is 0 Å². The van der Waals surface area contributed by atoms with E-state index < -0.39 is 11.4 Å². The molecular formula is C17H20N4O4. The van der Waals surface area contributed by atoms with Crippen molar-refractivity contribution in [3.05, 3.63) is 35.5 Å². The predicted molar refractivity (Wildman–Crippen MR) is 90.6 cm³/mol. The number of hydrogen-bond donors (Lipinski definition) is 2. The number of ether oxygens (including phenoxy) is 2. The monoisotopic (exact) mass is 344 g/mol. The molecule has 0 atom stereocenters. The molecule has 1 heterocycles. The number of amides is 1. The van der Waals surface area contributed by atoms with Crippen LogP contribution in [-0.2, 0) is 10.3 Å². The second kappa shape index (κ2) is 6.94. The maximum atomic E-state index is 10.8. The Kier molecular flexibility index (Phi) is 4.71. The molecule has 1 aromatic heterocycles. The van der Waals surface area contributed by atoms with Gasteiger partial charge in [-0.25, -0.2) is 0 Å². The number of rotatable bonds is 7. The minimum Gasteiger partial charge on any atom is -0.493 e. The maximum Gasteiger partial charge on any atom is 0.255 e. The fourth-order valence-electron chi connectivity index (χ4n) is 2.51. The smallest absolute Gasteiger partial charge is 0.255 e. The number of carbonyl (C=O) groups excluding carboxylic acids is 1. The molecule has 1 aliphatic carbocycles. The quantitative estimate of drug-likeness (QED) is 0.778. The number of hydrogen-bond acceptors (Lipinski definition) is 7. The van der Waals surface area contributed by atoms with Crippen LogP contribution < -0.4 is 20.9 Å². The van der Waals surface area contributed by atoms with Crippen molar-refractivity contribution in [1.29, 1.82) is 0 Å². The van der Waals surface area contributed by atoms with Crippen LogP contribution in [0.1, 0.15) is 36.5 Å². The minimum atomic E-state index is -0.553. The van der Waals surface area contributed by atoms with Crippen LogP contribution in [0.4, 0.5) is 0 Å². The number of nitrogens with two attached hydrogens (primary N) is 2. The molecule has 0 spiro atoms. The van der Waals surface area contributed by atoms with E-state index in [2.05, 4.69) is 10.1 Å². The Morgan fingerprint density at radius 2 is 2.16 bits per heavy atom. The van der Waals surface area contributed by atoms with Gasteiger partial charge in [0.15, 0.2) is 23.9 Å². The van der Waals surface area contributed by atoms with Crippen LogP contribution in [0.25, 0.3) is 12.2 Å². The predicted octanol–water partition coefficient (Wildman–Crippen LogP) is 1.45. The molecule has 8 heteroatoms. The average Bonchev–Trinajstić information content (AvgIpc) is 3.05. The molecule has 0 radical (unpaired) electrons. The number of methoxy groups -OCH3 is 1. The lowest BCUT2D eigenvalue weighted by molar-refractivity contribution is -0.119. The fourth-order valence-corrected chi connectivity index (χ4v) is 2.51. The molecule has 3 rings (SSSR count). The topological polar surface area (TPSA) is 126 Å². The molecule has 1 amide bonds. The highest BCUT2D eigenvalue weighted by molar-refractivity contribution is 5.75. The Hall–Kier alpha value is -2.87. The molecule has 0 bridgehead atoms. The molecule has 1 saturated carbocycles. The van der Waals surface area contributed by atoms with Gasteiger partial charge >= 0.3 is 0 Å². The summed E-state index contributed by atoms with van der Waals surface area (Å²) >= 11 is 0. The van der Waals surface area contributed by atoms with Gasteiger partial charge in [-0.15, -0.1) is 0 Å². The third-order valence-corrected chi connectivity index (χ3v) is 4.11. The van der Waals surface area contributed by atoms with Crippen molar-refractivity contribution in [3.63, 3.8) is 0 Å². The standard InChI is InChI=1S/C17H20N4O4/c1-23-13-9-11(3-5-12(13)24-10-14(18)22)4-6-15-20-16(21-25-15)17(19)7-2-8-17/h3-6,9H,2,7-8,10,19H2,1H3,(H2,18,22)/b6-4+. The highest BCUT2D eigenvalue weighted by Gasteiger charge is 2.38. The molecule has 25 heavy (non-hydrogen) atoms. The first-order chi connectivity index (χ1) is 12.0. The van der Waals surface area contributed by atoms with Gasteiger partial charge in [0.1, 0.15) is 0 Å². The zero-order valence-corrected chi connectivity index (χ0v) is 13.9. The fraction of sp³-hybridized carbons (Fsp3) is 0.353. The van der Waals surface area contributed by atoms with Crippen molar-refractivity contribution in [3.8, 4) is 11.5 Å². The Bertz CT molecular complexity index is 796. The summed E-state index contributed by atoms with van der Waals surface area (Å²) in [7, 11) is 1.52. The highest BCUT2D eigenvalue weighted by Crippen LogP contribution is 2.37. The second-order valence-corrected chi connectivity index (χ2v) is 5.96. The molecule has 4 N–H and O–H groups in total. The molecule has 1 aliphatic rings. The summed E-state index contributed by atoms with van der Waals surface area (Å²) < 4.78 is 15.8. The Morgan fingerprint density at radius 3 is 2.80 bits per heavy atom. The minimum absolute atomic E-state index is 0.211. The van der Waals surface area contributed by atoms with Gasteiger partial charge in [0.25, 0.3) is 11.8 Å². The van der Waals surface area contributed by atoms with Crippen LogP contribution in [0.3, 0.4) is 0 Å². The first kappa shape index (κ1) is 17.0. The first-order valence-corrected chi connectivity index (χ1v) is 7.90. The highest BCUT2D eigenvalue weighted by atomic mass is 16.5. The zero-order chi connectivity index (χ0) is 17.9. The van der Waals surface area contributed by atoms with Crippen molar-refractivity contribution in [2.45, 2.75) is 24.8 Å². The van der Waals surface area contributed by atoms with E-state index in [0.29, 0.717) is 23.2 Å². The zero-order valence-electron chi connectivity index (χ0n) is 13.9. The van der Waals surface area contributed by atoms with Crippen LogP contribution in [0.5, 0.6) is 11.5 Å².